The van der Waals surface area contributed by atoms with Gasteiger partial charge in [-0.15, -0.1) is 6.58 Å². The standard InChI is InChI=1S/C10H15NO/c1-5-7-9(8(3)4)10(12)11-6-2/h5-6,9H,1-3,7H2,4H3,(H,11,12). The van der Waals surface area contributed by atoms with Crippen LogP contribution in [0, 0.1) is 5.92 Å². The van der Waals surface area contributed by atoms with E-state index >= 15 is 0 Å². The number of carbonyl (C=O) groups excluding carboxylic acids is 1. The SMILES string of the molecule is C=CCC(C(=C)C)C(=O)NC=C. The molecule has 0 aliphatic heterocycles. The molecule has 0 aromatic carbocycles. The van der Waals surface area contributed by atoms with Crippen molar-refractivity contribution in [3.8, 4) is 0 Å². The highest BCUT2D eigenvalue weighted by atomic mass is 16.1. The number of hydrogen-bond acceptors (Lipinski definition) is 1. The Morgan fingerprint density at radius 3 is 2.50 bits per heavy atom. The second-order valence-corrected chi connectivity index (χ2v) is 2.64. The number of nitrogens with one attached hydrogen (secondary N) is 1. The van der Waals surface area contributed by atoms with Crippen molar-refractivity contribution in [3.63, 3.8) is 0 Å². The predicted octanol–water partition coefficient (Wildman–Crippen LogP) is 2.01. The first kappa shape index (κ1) is 10.7. The van der Waals surface area contributed by atoms with Gasteiger partial charge in [-0.1, -0.05) is 24.8 Å². The highest BCUT2D eigenvalue weighted by Crippen LogP contribution is 2.13. The Labute approximate surface area is 73.7 Å². The van der Waals surface area contributed by atoms with E-state index in [0.717, 1.165) is 5.57 Å². The molecule has 0 aliphatic carbocycles. The molecule has 12 heavy (non-hydrogen) atoms. The zero-order chi connectivity index (χ0) is 9.56. The predicted molar refractivity (Wildman–Crippen MR) is 51.5 cm³/mol. The van der Waals surface area contributed by atoms with E-state index in [1.54, 1.807) is 6.08 Å². The molecule has 0 saturated heterocycles. The molecule has 2 heteroatoms. The summed E-state index contributed by atoms with van der Waals surface area (Å²) < 4.78 is 0. The van der Waals surface area contributed by atoms with Gasteiger partial charge in [-0.05, 0) is 19.5 Å². The monoisotopic (exact) mass is 165 g/mol. The molecular formula is C10H15NO. The summed E-state index contributed by atoms with van der Waals surface area (Å²) in [5.41, 5.74) is 0.842. The summed E-state index contributed by atoms with van der Waals surface area (Å²) in [5.74, 6) is -0.252. The van der Waals surface area contributed by atoms with Crippen LogP contribution in [0.25, 0.3) is 0 Å². The maximum Gasteiger partial charge on any atom is 0.231 e. The number of hydrogen-bond donors (Lipinski definition) is 1. The van der Waals surface area contributed by atoms with E-state index in [4.69, 9.17) is 0 Å². The average Bonchev–Trinajstić information content (AvgIpc) is 1.99. The molecule has 0 aromatic heterocycles. The van der Waals surface area contributed by atoms with Crippen LogP contribution in [0.1, 0.15) is 13.3 Å². The molecule has 1 N–H and O–H groups in total. The van der Waals surface area contributed by atoms with Crippen LogP contribution in [-0.4, -0.2) is 5.91 Å². The maximum absolute atomic E-state index is 11.3. The van der Waals surface area contributed by atoms with Crippen molar-refractivity contribution in [3.05, 3.63) is 37.6 Å². The van der Waals surface area contributed by atoms with E-state index in [9.17, 15) is 4.79 Å². The second kappa shape index (κ2) is 5.35. The molecule has 1 amide bonds. The van der Waals surface area contributed by atoms with Crippen molar-refractivity contribution in [1.29, 1.82) is 0 Å². The van der Waals surface area contributed by atoms with Gasteiger partial charge in [0.1, 0.15) is 0 Å². The molecule has 0 saturated carbocycles. The summed E-state index contributed by atoms with van der Waals surface area (Å²) in [7, 11) is 0. The van der Waals surface area contributed by atoms with E-state index in [1.165, 1.54) is 6.20 Å². The van der Waals surface area contributed by atoms with Gasteiger partial charge in [-0.25, -0.2) is 0 Å². The molecule has 0 bridgehead atoms. The van der Waals surface area contributed by atoms with Gasteiger partial charge in [0, 0.05) is 0 Å². The Hall–Kier alpha value is -1.31. The highest BCUT2D eigenvalue weighted by molar-refractivity contribution is 5.82. The molecule has 0 radical (unpaired) electrons. The van der Waals surface area contributed by atoms with Crippen molar-refractivity contribution in [1.82, 2.24) is 5.32 Å². The molecule has 1 atom stereocenters. The summed E-state index contributed by atoms with van der Waals surface area (Å²) >= 11 is 0. The normalized spacial score (nSPS) is 11.4. The number of amides is 1. The van der Waals surface area contributed by atoms with Crippen molar-refractivity contribution in [2.45, 2.75) is 13.3 Å². The first-order valence-corrected chi connectivity index (χ1v) is 3.81. The minimum absolute atomic E-state index is 0.0719. The van der Waals surface area contributed by atoms with Gasteiger partial charge in [0.15, 0.2) is 0 Å². The van der Waals surface area contributed by atoms with Gasteiger partial charge < -0.3 is 5.32 Å². The van der Waals surface area contributed by atoms with Crippen LogP contribution < -0.4 is 5.32 Å². The summed E-state index contributed by atoms with van der Waals surface area (Å²) in [4.78, 5) is 11.3. The Morgan fingerprint density at radius 1 is 1.58 bits per heavy atom. The molecule has 66 valence electrons. The second-order valence-electron chi connectivity index (χ2n) is 2.64. The van der Waals surface area contributed by atoms with E-state index in [-0.39, 0.29) is 11.8 Å². The van der Waals surface area contributed by atoms with Crippen LogP contribution in [0.5, 0.6) is 0 Å². The smallest absolute Gasteiger partial charge is 0.231 e. The molecule has 0 heterocycles. The fraction of sp³-hybridized carbons (Fsp3) is 0.300. The average molecular weight is 165 g/mol. The topological polar surface area (TPSA) is 29.1 Å². The van der Waals surface area contributed by atoms with Gasteiger partial charge in [0.2, 0.25) is 5.91 Å². The summed E-state index contributed by atoms with van der Waals surface area (Å²) in [6.07, 6.45) is 3.71. The molecule has 0 spiro atoms. The van der Waals surface area contributed by atoms with Crippen molar-refractivity contribution in [2.75, 3.05) is 0 Å². The third-order valence-corrected chi connectivity index (χ3v) is 1.56. The lowest BCUT2D eigenvalue weighted by Crippen LogP contribution is -2.26. The maximum atomic E-state index is 11.3. The zero-order valence-electron chi connectivity index (χ0n) is 7.47. The van der Waals surface area contributed by atoms with E-state index in [1.807, 2.05) is 6.92 Å². The Balaban J connectivity index is 4.27. The quantitative estimate of drug-likeness (QED) is 0.620. The first-order chi connectivity index (χ1) is 5.63. The third kappa shape index (κ3) is 3.19. The summed E-state index contributed by atoms with van der Waals surface area (Å²) in [5, 5.41) is 2.53. The van der Waals surface area contributed by atoms with Crippen molar-refractivity contribution in [2.24, 2.45) is 5.92 Å². The largest absolute Gasteiger partial charge is 0.333 e. The fourth-order valence-electron chi connectivity index (χ4n) is 0.900. The molecular weight excluding hydrogens is 150 g/mol. The minimum Gasteiger partial charge on any atom is -0.333 e. The van der Waals surface area contributed by atoms with Crippen LogP contribution in [0.2, 0.25) is 0 Å². The number of carbonyl (C=O) groups is 1. The van der Waals surface area contributed by atoms with E-state index < -0.39 is 0 Å². The van der Waals surface area contributed by atoms with Crippen molar-refractivity contribution >= 4 is 5.91 Å². The molecule has 0 rings (SSSR count). The van der Waals surface area contributed by atoms with Crippen LogP contribution in [0.4, 0.5) is 0 Å². The van der Waals surface area contributed by atoms with Crippen LogP contribution in [-0.2, 0) is 4.79 Å². The lowest BCUT2D eigenvalue weighted by atomic mass is 9.97. The molecule has 1 unspecified atom stereocenters. The van der Waals surface area contributed by atoms with Gasteiger partial charge in [0.05, 0.1) is 5.92 Å². The van der Waals surface area contributed by atoms with Gasteiger partial charge in [-0.3, -0.25) is 4.79 Å². The highest BCUT2D eigenvalue weighted by Gasteiger charge is 2.15. The Kier molecular flexibility index (Phi) is 4.77. The lowest BCUT2D eigenvalue weighted by molar-refractivity contribution is -0.122. The third-order valence-electron chi connectivity index (χ3n) is 1.56. The fourth-order valence-corrected chi connectivity index (χ4v) is 0.900. The summed E-state index contributed by atoms with van der Waals surface area (Å²) in [6, 6.07) is 0. The van der Waals surface area contributed by atoms with Crippen LogP contribution in [0.3, 0.4) is 0 Å². The molecule has 0 aromatic rings. The molecule has 0 fully saturated rings. The van der Waals surface area contributed by atoms with E-state index in [0.29, 0.717) is 6.42 Å². The number of allylic oxidation sites excluding steroid dienone is 1. The van der Waals surface area contributed by atoms with Gasteiger partial charge in [0.25, 0.3) is 0 Å². The van der Waals surface area contributed by atoms with E-state index in [2.05, 4.69) is 25.1 Å². The van der Waals surface area contributed by atoms with Crippen molar-refractivity contribution < 1.29 is 4.79 Å². The van der Waals surface area contributed by atoms with Crippen LogP contribution >= 0.6 is 0 Å². The van der Waals surface area contributed by atoms with Crippen LogP contribution in [0.15, 0.2) is 37.6 Å². The zero-order valence-corrected chi connectivity index (χ0v) is 7.47. The molecule has 0 aliphatic rings. The first-order valence-electron chi connectivity index (χ1n) is 3.81. The van der Waals surface area contributed by atoms with Gasteiger partial charge in [-0.2, -0.15) is 0 Å². The summed E-state index contributed by atoms with van der Waals surface area (Å²) in [6.45, 7) is 12.6. The minimum atomic E-state index is -0.180. The Morgan fingerprint density at radius 2 is 2.17 bits per heavy atom. The Bertz CT molecular complexity index is 206. The molecule has 2 nitrogen and oxygen atoms in total. The van der Waals surface area contributed by atoms with Gasteiger partial charge >= 0.3 is 0 Å². The number of rotatable bonds is 5. The lowest BCUT2D eigenvalue weighted by Gasteiger charge is -2.12.